The summed E-state index contributed by atoms with van der Waals surface area (Å²) in [6, 6.07) is 0. The molecule has 0 amide bonds. The molecule has 1 N–H and O–H groups in total. The molecule has 2 heteroatoms. The predicted octanol–water partition coefficient (Wildman–Crippen LogP) is 1.27. The number of hydrogen-bond donors (Lipinski definition) is 1. The molecule has 0 bridgehead atoms. The third-order valence-corrected chi connectivity index (χ3v) is 2.26. The van der Waals surface area contributed by atoms with Crippen LogP contribution in [0.5, 0.6) is 0 Å². The van der Waals surface area contributed by atoms with Crippen LogP contribution < -0.4 is 5.32 Å². The minimum atomic E-state index is -0.319. The molecular formula is C9H15NO. The maximum atomic E-state index is 11.4. The fourth-order valence-corrected chi connectivity index (χ4v) is 1.46. The second-order valence-corrected chi connectivity index (χ2v) is 3.28. The predicted molar refractivity (Wildman–Crippen MR) is 45.5 cm³/mol. The Kier molecular flexibility index (Phi) is 2.45. The molecule has 1 saturated heterocycles. The molecule has 0 aromatic carbocycles. The van der Waals surface area contributed by atoms with Gasteiger partial charge in [-0.15, -0.1) is 6.58 Å². The van der Waals surface area contributed by atoms with Crippen molar-refractivity contribution in [3.63, 3.8) is 0 Å². The molecule has 0 saturated carbocycles. The van der Waals surface area contributed by atoms with Crippen molar-refractivity contribution < 1.29 is 4.79 Å². The number of carbonyl (C=O) groups is 1. The molecule has 1 aliphatic rings. The van der Waals surface area contributed by atoms with Crippen LogP contribution >= 0.6 is 0 Å². The van der Waals surface area contributed by atoms with Gasteiger partial charge in [0, 0.05) is 6.42 Å². The second kappa shape index (κ2) is 3.18. The largest absolute Gasteiger partial charge is 0.305 e. The summed E-state index contributed by atoms with van der Waals surface area (Å²) in [7, 11) is 0. The summed E-state index contributed by atoms with van der Waals surface area (Å²) in [6.07, 6.45) is 4.24. The van der Waals surface area contributed by atoms with Crippen molar-refractivity contribution in [2.24, 2.45) is 0 Å². The lowest BCUT2D eigenvalue weighted by atomic mass is 9.86. The zero-order valence-electron chi connectivity index (χ0n) is 7.02. The van der Waals surface area contributed by atoms with Gasteiger partial charge >= 0.3 is 0 Å². The lowest BCUT2D eigenvalue weighted by molar-refractivity contribution is -0.126. The van der Waals surface area contributed by atoms with Crippen LogP contribution in [0.2, 0.25) is 0 Å². The second-order valence-electron chi connectivity index (χ2n) is 3.28. The number of hydrogen-bond acceptors (Lipinski definition) is 2. The number of carbonyl (C=O) groups excluding carboxylic acids is 1. The van der Waals surface area contributed by atoms with Crippen LogP contribution in [0.1, 0.15) is 26.2 Å². The van der Waals surface area contributed by atoms with E-state index in [1.807, 2.05) is 6.92 Å². The average Bonchev–Trinajstić information content (AvgIpc) is 1.96. The fraction of sp³-hybridized carbons (Fsp3) is 0.667. The summed E-state index contributed by atoms with van der Waals surface area (Å²) < 4.78 is 0. The molecule has 1 fully saturated rings. The maximum absolute atomic E-state index is 11.4. The molecule has 11 heavy (non-hydrogen) atoms. The molecule has 1 rings (SSSR count). The molecule has 0 aromatic heterocycles. The molecule has 0 aliphatic carbocycles. The van der Waals surface area contributed by atoms with Crippen LogP contribution in [-0.4, -0.2) is 17.9 Å². The Hall–Kier alpha value is -0.630. The van der Waals surface area contributed by atoms with Gasteiger partial charge in [0.25, 0.3) is 0 Å². The van der Waals surface area contributed by atoms with Gasteiger partial charge in [0.15, 0.2) is 5.78 Å². The van der Waals surface area contributed by atoms with E-state index in [9.17, 15) is 4.79 Å². The molecule has 1 atom stereocenters. The van der Waals surface area contributed by atoms with Crippen molar-refractivity contribution in [1.29, 1.82) is 0 Å². The van der Waals surface area contributed by atoms with E-state index in [4.69, 9.17) is 0 Å². The third kappa shape index (κ3) is 1.69. The monoisotopic (exact) mass is 153 g/mol. The van der Waals surface area contributed by atoms with Crippen LogP contribution in [0.4, 0.5) is 0 Å². The highest BCUT2D eigenvalue weighted by atomic mass is 16.1. The summed E-state index contributed by atoms with van der Waals surface area (Å²) in [5.41, 5.74) is -0.319. The first-order valence-electron chi connectivity index (χ1n) is 4.08. The molecule has 0 aromatic rings. The maximum Gasteiger partial charge on any atom is 0.152 e. The number of ketones is 1. The van der Waals surface area contributed by atoms with Crippen LogP contribution in [-0.2, 0) is 4.79 Å². The Morgan fingerprint density at radius 2 is 2.55 bits per heavy atom. The quantitative estimate of drug-likeness (QED) is 0.605. The van der Waals surface area contributed by atoms with Gasteiger partial charge in [-0.3, -0.25) is 4.79 Å². The lowest BCUT2D eigenvalue weighted by Crippen LogP contribution is -2.52. The van der Waals surface area contributed by atoms with E-state index in [0.717, 1.165) is 25.8 Å². The van der Waals surface area contributed by atoms with E-state index in [-0.39, 0.29) is 5.54 Å². The first kappa shape index (κ1) is 8.47. The summed E-state index contributed by atoms with van der Waals surface area (Å²) in [5.74, 6) is 0.323. The van der Waals surface area contributed by atoms with Gasteiger partial charge in [-0.2, -0.15) is 0 Å². The van der Waals surface area contributed by atoms with Crippen molar-refractivity contribution in [2.45, 2.75) is 31.7 Å². The summed E-state index contributed by atoms with van der Waals surface area (Å²) in [5, 5.41) is 3.23. The van der Waals surface area contributed by atoms with E-state index in [1.165, 1.54) is 0 Å². The number of piperidine rings is 1. The molecule has 1 heterocycles. The Morgan fingerprint density at radius 1 is 1.82 bits per heavy atom. The molecule has 0 unspecified atom stereocenters. The molecular weight excluding hydrogens is 138 g/mol. The summed E-state index contributed by atoms with van der Waals surface area (Å²) in [6.45, 7) is 6.55. The van der Waals surface area contributed by atoms with Crippen molar-refractivity contribution in [2.75, 3.05) is 6.54 Å². The highest BCUT2D eigenvalue weighted by Gasteiger charge is 2.32. The van der Waals surface area contributed by atoms with E-state index in [0.29, 0.717) is 5.78 Å². The Balaban J connectivity index is 2.64. The van der Waals surface area contributed by atoms with Gasteiger partial charge < -0.3 is 5.32 Å². The van der Waals surface area contributed by atoms with Gasteiger partial charge in [-0.1, -0.05) is 6.08 Å². The summed E-state index contributed by atoms with van der Waals surface area (Å²) >= 11 is 0. The lowest BCUT2D eigenvalue weighted by Gasteiger charge is -2.32. The van der Waals surface area contributed by atoms with E-state index >= 15 is 0 Å². The van der Waals surface area contributed by atoms with Crippen molar-refractivity contribution in [3.05, 3.63) is 12.7 Å². The Labute approximate surface area is 67.7 Å². The van der Waals surface area contributed by atoms with Crippen LogP contribution in [0.3, 0.4) is 0 Å². The zero-order chi connectivity index (χ0) is 8.32. The summed E-state index contributed by atoms with van der Waals surface area (Å²) in [4.78, 5) is 11.4. The molecule has 62 valence electrons. The molecule has 0 radical (unpaired) electrons. The minimum Gasteiger partial charge on any atom is -0.305 e. The standard InChI is InChI=1S/C9H15NO/c1-3-6-9(2)8(11)5-4-7-10-9/h3,10H,1,4-7H2,2H3/t9-/m0/s1. The molecule has 0 spiro atoms. The van der Waals surface area contributed by atoms with E-state index in [1.54, 1.807) is 6.08 Å². The normalized spacial score (nSPS) is 31.9. The van der Waals surface area contributed by atoms with Crippen molar-refractivity contribution >= 4 is 5.78 Å². The van der Waals surface area contributed by atoms with Crippen molar-refractivity contribution in [1.82, 2.24) is 5.32 Å². The van der Waals surface area contributed by atoms with Crippen molar-refractivity contribution in [3.8, 4) is 0 Å². The average molecular weight is 153 g/mol. The minimum absolute atomic E-state index is 0.319. The van der Waals surface area contributed by atoms with Gasteiger partial charge in [-0.05, 0) is 26.3 Å². The van der Waals surface area contributed by atoms with Gasteiger partial charge in [0.2, 0.25) is 0 Å². The van der Waals surface area contributed by atoms with E-state index < -0.39 is 0 Å². The van der Waals surface area contributed by atoms with Gasteiger partial charge in [0.1, 0.15) is 0 Å². The number of Topliss-reactive ketones (excluding diaryl/α,β-unsaturated/α-hetero) is 1. The zero-order valence-corrected chi connectivity index (χ0v) is 7.02. The fourth-order valence-electron chi connectivity index (χ4n) is 1.46. The number of nitrogens with one attached hydrogen (secondary N) is 1. The molecule has 2 nitrogen and oxygen atoms in total. The highest BCUT2D eigenvalue weighted by Crippen LogP contribution is 2.18. The first-order valence-corrected chi connectivity index (χ1v) is 4.08. The first-order chi connectivity index (χ1) is 5.19. The SMILES string of the molecule is C=CC[C@]1(C)NCCCC1=O. The smallest absolute Gasteiger partial charge is 0.152 e. The molecule has 1 aliphatic heterocycles. The number of rotatable bonds is 2. The van der Waals surface area contributed by atoms with Crippen LogP contribution in [0, 0.1) is 0 Å². The van der Waals surface area contributed by atoms with Gasteiger partial charge in [0.05, 0.1) is 5.54 Å². The third-order valence-electron chi connectivity index (χ3n) is 2.26. The topological polar surface area (TPSA) is 29.1 Å². The highest BCUT2D eigenvalue weighted by molar-refractivity contribution is 5.88. The van der Waals surface area contributed by atoms with Gasteiger partial charge in [-0.25, -0.2) is 0 Å². The van der Waals surface area contributed by atoms with E-state index in [2.05, 4.69) is 11.9 Å². The Morgan fingerprint density at radius 3 is 3.09 bits per heavy atom. The van der Waals surface area contributed by atoms with Crippen LogP contribution in [0.25, 0.3) is 0 Å². The Bertz CT molecular complexity index is 176. The van der Waals surface area contributed by atoms with Crippen LogP contribution in [0.15, 0.2) is 12.7 Å².